The highest BCUT2D eigenvalue weighted by atomic mass is 35.5. The first-order chi connectivity index (χ1) is 9.61. The SMILES string of the molecule is Cc1cccc(C(=O)NCc2cccc(CCl)c2)c1C. The van der Waals surface area contributed by atoms with Crippen LogP contribution in [-0.2, 0) is 12.4 Å². The number of alkyl halides is 1. The van der Waals surface area contributed by atoms with Crippen LogP contribution in [0.5, 0.6) is 0 Å². The Labute approximate surface area is 124 Å². The summed E-state index contributed by atoms with van der Waals surface area (Å²) in [7, 11) is 0. The summed E-state index contributed by atoms with van der Waals surface area (Å²) >= 11 is 5.81. The molecule has 0 saturated carbocycles. The van der Waals surface area contributed by atoms with Gasteiger partial charge in [0, 0.05) is 18.0 Å². The molecular weight excluding hydrogens is 270 g/mol. The Morgan fingerprint density at radius 3 is 2.55 bits per heavy atom. The maximum Gasteiger partial charge on any atom is 0.251 e. The van der Waals surface area contributed by atoms with E-state index in [0.717, 1.165) is 27.8 Å². The van der Waals surface area contributed by atoms with Crippen molar-refractivity contribution in [2.45, 2.75) is 26.3 Å². The van der Waals surface area contributed by atoms with Crippen LogP contribution in [0, 0.1) is 13.8 Å². The molecule has 20 heavy (non-hydrogen) atoms. The van der Waals surface area contributed by atoms with Crippen molar-refractivity contribution in [2.75, 3.05) is 0 Å². The molecule has 0 radical (unpaired) electrons. The first-order valence-electron chi connectivity index (χ1n) is 6.60. The van der Waals surface area contributed by atoms with E-state index in [1.165, 1.54) is 0 Å². The Bertz CT molecular complexity index is 622. The van der Waals surface area contributed by atoms with Crippen LogP contribution in [0.15, 0.2) is 42.5 Å². The van der Waals surface area contributed by atoms with Crippen molar-refractivity contribution in [1.29, 1.82) is 0 Å². The zero-order valence-corrected chi connectivity index (χ0v) is 12.5. The largest absolute Gasteiger partial charge is 0.348 e. The minimum atomic E-state index is -0.0394. The Morgan fingerprint density at radius 1 is 1.10 bits per heavy atom. The third kappa shape index (κ3) is 3.40. The van der Waals surface area contributed by atoms with Gasteiger partial charge in [0.1, 0.15) is 0 Å². The van der Waals surface area contributed by atoms with E-state index in [9.17, 15) is 4.79 Å². The van der Waals surface area contributed by atoms with Gasteiger partial charge in [-0.1, -0.05) is 36.4 Å². The third-order valence-electron chi connectivity index (χ3n) is 3.45. The zero-order valence-electron chi connectivity index (χ0n) is 11.7. The van der Waals surface area contributed by atoms with Gasteiger partial charge in [0.2, 0.25) is 0 Å². The van der Waals surface area contributed by atoms with E-state index in [4.69, 9.17) is 11.6 Å². The van der Waals surface area contributed by atoms with Crippen LogP contribution < -0.4 is 5.32 Å². The molecule has 3 heteroatoms. The van der Waals surface area contributed by atoms with Crippen molar-refractivity contribution >= 4 is 17.5 Å². The van der Waals surface area contributed by atoms with Gasteiger partial charge in [-0.3, -0.25) is 4.79 Å². The van der Waals surface area contributed by atoms with Crippen LogP contribution in [0.4, 0.5) is 0 Å². The fourth-order valence-electron chi connectivity index (χ4n) is 2.10. The predicted molar refractivity (Wildman–Crippen MR) is 83.1 cm³/mol. The smallest absolute Gasteiger partial charge is 0.251 e. The highest BCUT2D eigenvalue weighted by molar-refractivity contribution is 6.17. The number of hydrogen-bond acceptors (Lipinski definition) is 1. The first-order valence-corrected chi connectivity index (χ1v) is 7.13. The molecule has 2 aromatic rings. The lowest BCUT2D eigenvalue weighted by molar-refractivity contribution is 0.0950. The van der Waals surface area contributed by atoms with Crippen LogP contribution >= 0.6 is 11.6 Å². The third-order valence-corrected chi connectivity index (χ3v) is 3.76. The summed E-state index contributed by atoms with van der Waals surface area (Å²) in [5, 5.41) is 2.95. The van der Waals surface area contributed by atoms with E-state index in [1.807, 2.05) is 56.3 Å². The Morgan fingerprint density at radius 2 is 1.80 bits per heavy atom. The van der Waals surface area contributed by atoms with Gasteiger partial charge in [0.05, 0.1) is 0 Å². The van der Waals surface area contributed by atoms with Crippen LogP contribution in [0.1, 0.15) is 32.6 Å². The van der Waals surface area contributed by atoms with E-state index < -0.39 is 0 Å². The van der Waals surface area contributed by atoms with Crippen LogP contribution in [0.25, 0.3) is 0 Å². The molecule has 2 aromatic carbocycles. The van der Waals surface area contributed by atoms with Gasteiger partial charge < -0.3 is 5.32 Å². The lowest BCUT2D eigenvalue weighted by atomic mass is 10.0. The molecule has 0 bridgehead atoms. The number of halogens is 1. The summed E-state index contributed by atoms with van der Waals surface area (Å²) in [5.41, 5.74) is 5.01. The number of rotatable bonds is 4. The molecule has 0 heterocycles. The number of benzene rings is 2. The summed E-state index contributed by atoms with van der Waals surface area (Å²) < 4.78 is 0. The van der Waals surface area contributed by atoms with Crippen molar-refractivity contribution in [1.82, 2.24) is 5.32 Å². The molecule has 0 aromatic heterocycles. The monoisotopic (exact) mass is 287 g/mol. The summed E-state index contributed by atoms with van der Waals surface area (Å²) in [4.78, 5) is 12.2. The quantitative estimate of drug-likeness (QED) is 0.847. The lowest BCUT2D eigenvalue weighted by Crippen LogP contribution is -2.23. The second-order valence-corrected chi connectivity index (χ2v) is 5.15. The number of hydrogen-bond donors (Lipinski definition) is 1. The van der Waals surface area contributed by atoms with E-state index >= 15 is 0 Å². The van der Waals surface area contributed by atoms with Crippen molar-refractivity contribution in [3.63, 3.8) is 0 Å². The lowest BCUT2D eigenvalue weighted by Gasteiger charge is -2.10. The summed E-state index contributed by atoms with van der Waals surface area (Å²) in [6.07, 6.45) is 0. The summed E-state index contributed by atoms with van der Waals surface area (Å²) in [6, 6.07) is 13.7. The van der Waals surface area contributed by atoms with Crippen molar-refractivity contribution in [2.24, 2.45) is 0 Å². The standard InChI is InChI=1S/C17H18ClNO/c1-12-5-3-8-16(13(12)2)17(20)19-11-15-7-4-6-14(9-15)10-18/h3-9H,10-11H2,1-2H3,(H,19,20). The van der Waals surface area contributed by atoms with Gasteiger partial charge in [-0.25, -0.2) is 0 Å². The summed E-state index contributed by atoms with van der Waals surface area (Å²) in [6.45, 7) is 4.49. The molecule has 0 fully saturated rings. The zero-order chi connectivity index (χ0) is 14.5. The summed E-state index contributed by atoms with van der Waals surface area (Å²) in [5.74, 6) is 0.446. The molecular formula is C17H18ClNO. The van der Waals surface area contributed by atoms with Crippen LogP contribution in [0.3, 0.4) is 0 Å². The van der Waals surface area contributed by atoms with E-state index in [2.05, 4.69) is 5.32 Å². The number of carbonyl (C=O) groups is 1. The molecule has 104 valence electrons. The molecule has 1 N–H and O–H groups in total. The van der Waals surface area contributed by atoms with Crippen LogP contribution in [-0.4, -0.2) is 5.91 Å². The molecule has 0 aliphatic carbocycles. The van der Waals surface area contributed by atoms with Crippen LogP contribution in [0.2, 0.25) is 0 Å². The highest BCUT2D eigenvalue weighted by Gasteiger charge is 2.09. The Kier molecular flexibility index (Phi) is 4.80. The van der Waals surface area contributed by atoms with E-state index in [0.29, 0.717) is 12.4 Å². The molecule has 2 nitrogen and oxygen atoms in total. The highest BCUT2D eigenvalue weighted by Crippen LogP contribution is 2.13. The maximum atomic E-state index is 12.2. The van der Waals surface area contributed by atoms with E-state index in [-0.39, 0.29) is 5.91 Å². The average Bonchev–Trinajstić information content (AvgIpc) is 2.48. The number of amides is 1. The maximum absolute atomic E-state index is 12.2. The topological polar surface area (TPSA) is 29.1 Å². The number of nitrogens with one attached hydrogen (secondary N) is 1. The van der Waals surface area contributed by atoms with E-state index in [1.54, 1.807) is 0 Å². The van der Waals surface area contributed by atoms with Gasteiger partial charge in [-0.2, -0.15) is 0 Å². The predicted octanol–water partition coefficient (Wildman–Crippen LogP) is 3.97. The fourth-order valence-corrected chi connectivity index (χ4v) is 2.26. The number of carbonyl (C=O) groups excluding carboxylic acids is 1. The molecule has 0 spiro atoms. The molecule has 0 aliphatic heterocycles. The molecule has 0 unspecified atom stereocenters. The normalized spacial score (nSPS) is 10.3. The minimum Gasteiger partial charge on any atom is -0.348 e. The fraction of sp³-hybridized carbons (Fsp3) is 0.235. The van der Waals surface area contributed by atoms with Gasteiger partial charge in [-0.05, 0) is 42.2 Å². The van der Waals surface area contributed by atoms with Gasteiger partial charge >= 0.3 is 0 Å². The molecule has 1 amide bonds. The molecule has 0 atom stereocenters. The van der Waals surface area contributed by atoms with Gasteiger partial charge in [0.15, 0.2) is 0 Å². The second-order valence-electron chi connectivity index (χ2n) is 4.88. The average molecular weight is 288 g/mol. The van der Waals surface area contributed by atoms with Crippen molar-refractivity contribution in [3.8, 4) is 0 Å². The molecule has 0 aliphatic rings. The Hall–Kier alpha value is -1.80. The van der Waals surface area contributed by atoms with Gasteiger partial charge in [-0.15, -0.1) is 11.6 Å². The van der Waals surface area contributed by atoms with Crippen molar-refractivity contribution < 1.29 is 4.79 Å². The Balaban J connectivity index is 2.06. The van der Waals surface area contributed by atoms with Crippen molar-refractivity contribution in [3.05, 3.63) is 70.3 Å². The minimum absolute atomic E-state index is 0.0394. The first kappa shape index (κ1) is 14.6. The second kappa shape index (κ2) is 6.58. The van der Waals surface area contributed by atoms with Gasteiger partial charge in [0.25, 0.3) is 5.91 Å². The number of aryl methyl sites for hydroxylation is 1. The molecule has 2 rings (SSSR count). The molecule has 0 saturated heterocycles.